The second-order valence-electron chi connectivity index (χ2n) is 7.91. The summed E-state index contributed by atoms with van der Waals surface area (Å²) in [4.78, 5) is 0. The van der Waals surface area contributed by atoms with Crippen molar-refractivity contribution in [3.05, 3.63) is 35.4 Å². The Balaban J connectivity index is 2.57. The van der Waals surface area contributed by atoms with Gasteiger partial charge in [0.2, 0.25) is 0 Å². The zero-order valence-electron chi connectivity index (χ0n) is 14.0. The molecule has 0 amide bonds. The number of alkyl halides is 1. The molecule has 0 N–H and O–H groups in total. The van der Waals surface area contributed by atoms with Gasteiger partial charge in [0.25, 0.3) is 0 Å². The van der Waals surface area contributed by atoms with Gasteiger partial charge in [-0.25, -0.2) is 0 Å². The largest absolute Gasteiger partial charge is 0.118 e. The first-order valence-corrected chi connectivity index (χ1v) is 8.34. The van der Waals surface area contributed by atoms with E-state index in [0.717, 1.165) is 12.8 Å². The molecular formula is C19H31Cl. The van der Waals surface area contributed by atoms with Crippen LogP contribution in [-0.2, 0) is 6.42 Å². The van der Waals surface area contributed by atoms with Gasteiger partial charge in [-0.2, -0.15) is 0 Å². The van der Waals surface area contributed by atoms with Crippen LogP contribution < -0.4 is 0 Å². The predicted octanol–water partition coefficient (Wildman–Crippen LogP) is 6.63. The van der Waals surface area contributed by atoms with Crippen LogP contribution in [0.15, 0.2) is 24.3 Å². The molecule has 2 atom stereocenters. The van der Waals surface area contributed by atoms with Gasteiger partial charge in [-0.1, -0.05) is 65.8 Å². The van der Waals surface area contributed by atoms with Crippen LogP contribution in [0.4, 0.5) is 0 Å². The van der Waals surface area contributed by atoms with Crippen molar-refractivity contribution in [1.29, 1.82) is 0 Å². The van der Waals surface area contributed by atoms with E-state index in [-0.39, 0.29) is 5.38 Å². The molecule has 2 unspecified atom stereocenters. The maximum atomic E-state index is 6.59. The summed E-state index contributed by atoms with van der Waals surface area (Å²) in [6.45, 7) is 13.7. The summed E-state index contributed by atoms with van der Waals surface area (Å²) in [7, 11) is 0. The van der Waals surface area contributed by atoms with Crippen molar-refractivity contribution in [3.8, 4) is 0 Å². The average Bonchev–Trinajstić information content (AvgIpc) is 2.26. The zero-order valence-corrected chi connectivity index (χ0v) is 14.8. The molecule has 0 bridgehead atoms. The third-order valence-corrected chi connectivity index (χ3v) is 3.99. The molecular weight excluding hydrogens is 264 g/mol. The highest BCUT2D eigenvalue weighted by Gasteiger charge is 2.19. The number of hydrogen-bond donors (Lipinski definition) is 0. The van der Waals surface area contributed by atoms with Crippen LogP contribution >= 0.6 is 11.6 Å². The fourth-order valence-electron chi connectivity index (χ4n) is 2.95. The molecule has 0 nitrogen and oxygen atoms in total. The average molecular weight is 295 g/mol. The van der Waals surface area contributed by atoms with Gasteiger partial charge in [-0.3, -0.25) is 0 Å². The summed E-state index contributed by atoms with van der Waals surface area (Å²) in [5.74, 6) is 1.37. The normalized spacial score (nSPS) is 15.4. The molecule has 0 saturated carbocycles. The SMILES string of the molecule is CC(C)Cc1ccc(C(Cl)CC(C)CC(C)(C)C)cc1. The smallest absolute Gasteiger partial charge is 0.0587 e. The first kappa shape index (κ1) is 17.6. The van der Waals surface area contributed by atoms with E-state index in [1.54, 1.807) is 0 Å². The Morgan fingerprint density at radius 2 is 1.55 bits per heavy atom. The van der Waals surface area contributed by atoms with Crippen molar-refractivity contribution in [1.82, 2.24) is 0 Å². The predicted molar refractivity (Wildman–Crippen MR) is 91.4 cm³/mol. The molecule has 1 aromatic carbocycles. The van der Waals surface area contributed by atoms with E-state index in [9.17, 15) is 0 Å². The van der Waals surface area contributed by atoms with E-state index in [1.165, 1.54) is 17.5 Å². The molecule has 114 valence electrons. The van der Waals surface area contributed by atoms with Crippen molar-refractivity contribution < 1.29 is 0 Å². The molecule has 0 spiro atoms. The van der Waals surface area contributed by atoms with Gasteiger partial charge in [-0.15, -0.1) is 11.6 Å². The Morgan fingerprint density at radius 3 is 2.00 bits per heavy atom. The van der Waals surface area contributed by atoms with Gasteiger partial charge < -0.3 is 0 Å². The molecule has 1 heteroatoms. The molecule has 20 heavy (non-hydrogen) atoms. The first-order chi connectivity index (χ1) is 9.17. The fourth-order valence-corrected chi connectivity index (χ4v) is 3.40. The van der Waals surface area contributed by atoms with Gasteiger partial charge in [0.1, 0.15) is 0 Å². The Labute approximate surface area is 130 Å². The standard InChI is InChI=1S/C19H31Cl/c1-14(2)11-16-7-9-17(10-8-16)18(20)12-15(3)13-19(4,5)6/h7-10,14-15,18H,11-13H2,1-6H3. The monoisotopic (exact) mass is 294 g/mol. The highest BCUT2D eigenvalue weighted by atomic mass is 35.5. The van der Waals surface area contributed by atoms with Crippen LogP contribution in [-0.4, -0.2) is 0 Å². The van der Waals surface area contributed by atoms with Crippen LogP contribution in [0.5, 0.6) is 0 Å². The van der Waals surface area contributed by atoms with Crippen molar-refractivity contribution in [2.24, 2.45) is 17.3 Å². The lowest BCUT2D eigenvalue weighted by Crippen LogP contribution is -2.12. The molecule has 0 radical (unpaired) electrons. The lowest BCUT2D eigenvalue weighted by molar-refractivity contribution is 0.295. The molecule has 0 aliphatic carbocycles. The summed E-state index contributed by atoms with van der Waals surface area (Å²) in [6.07, 6.45) is 3.43. The summed E-state index contributed by atoms with van der Waals surface area (Å²) < 4.78 is 0. The van der Waals surface area contributed by atoms with Crippen LogP contribution in [0.1, 0.15) is 70.9 Å². The van der Waals surface area contributed by atoms with Crippen LogP contribution in [0.2, 0.25) is 0 Å². The third-order valence-electron chi connectivity index (χ3n) is 3.56. The summed E-state index contributed by atoms with van der Waals surface area (Å²) in [5.41, 5.74) is 3.06. The Morgan fingerprint density at radius 1 is 1.00 bits per heavy atom. The molecule has 0 fully saturated rings. The number of hydrogen-bond acceptors (Lipinski definition) is 0. The van der Waals surface area contributed by atoms with E-state index in [4.69, 9.17) is 11.6 Å². The lowest BCUT2D eigenvalue weighted by atomic mass is 9.83. The van der Waals surface area contributed by atoms with Gasteiger partial charge in [0.05, 0.1) is 5.38 Å². The van der Waals surface area contributed by atoms with Gasteiger partial charge in [-0.05, 0) is 47.6 Å². The summed E-state index contributed by atoms with van der Waals surface area (Å²) in [5, 5.41) is 0.139. The van der Waals surface area contributed by atoms with E-state index < -0.39 is 0 Å². The van der Waals surface area contributed by atoms with Crippen LogP contribution in [0, 0.1) is 17.3 Å². The van der Waals surface area contributed by atoms with Crippen molar-refractivity contribution in [2.45, 2.75) is 66.2 Å². The second-order valence-corrected chi connectivity index (χ2v) is 8.44. The van der Waals surface area contributed by atoms with E-state index in [0.29, 0.717) is 17.3 Å². The minimum absolute atomic E-state index is 0.139. The van der Waals surface area contributed by atoms with Crippen molar-refractivity contribution in [2.75, 3.05) is 0 Å². The van der Waals surface area contributed by atoms with Crippen molar-refractivity contribution >= 4 is 11.6 Å². The molecule has 0 saturated heterocycles. The molecule has 1 aromatic rings. The Bertz CT molecular complexity index is 383. The van der Waals surface area contributed by atoms with E-state index >= 15 is 0 Å². The Hall–Kier alpha value is -0.490. The zero-order chi connectivity index (χ0) is 15.3. The second kappa shape index (κ2) is 7.50. The summed E-state index contributed by atoms with van der Waals surface area (Å²) >= 11 is 6.59. The van der Waals surface area contributed by atoms with Crippen LogP contribution in [0.3, 0.4) is 0 Å². The maximum absolute atomic E-state index is 6.59. The molecule has 0 heterocycles. The summed E-state index contributed by atoms with van der Waals surface area (Å²) in [6, 6.07) is 8.89. The van der Waals surface area contributed by atoms with Gasteiger partial charge in [0, 0.05) is 0 Å². The molecule has 0 aliphatic heterocycles. The molecule has 0 aliphatic rings. The quantitative estimate of drug-likeness (QED) is 0.517. The van der Waals surface area contributed by atoms with E-state index in [2.05, 4.69) is 65.8 Å². The minimum atomic E-state index is 0.139. The Kier molecular flexibility index (Phi) is 6.58. The number of benzene rings is 1. The molecule has 1 rings (SSSR count). The minimum Gasteiger partial charge on any atom is -0.118 e. The van der Waals surface area contributed by atoms with Crippen molar-refractivity contribution in [3.63, 3.8) is 0 Å². The topological polar surface area (TPSA) is 0 Å². The third kappa shape index (κ3) is 6.79. The van der Waals surface area contributed by atoms with E-state index in [1.807, 2.05) is 0 Å². The first-order valence-electron chi connectivity index (χ1n) is 7.90. The highest BCUT2D eigenvalue weighted by molar-refractivity contribution is 6.20. The molecule has 0 aromatic heterocycles. The fraction of sp³-hybridized carbons (Fsp3) is 0.684. The highest BCUT2D eigenvalue weighted by Crippen LogP contribution is 2.33. The number of rotatable bonds is 6. The number of halogens is 1. The maximum Gasteiger partial charge on any atom is 0.0587 e. The van der Waals surface area contributed by atoms with Gasteiger partial charge >= 0.3 is 0 Å². The van der Waals surface area contributed by atoms with Gasteiger partial charge in [0.15, 0.2) is 0 Å². The lowest BCUT2D eigenvalue weighted by Gasteiger charge is -2.24. The van der Waals surface area contributed by atoms with Crippen LogP contribution in [0.25, 0.3) is 0 Å².